The van der Waals surface area contributed by atoms with Gasteiger partial charge in [0.05, 0.1) is 11.1 Å². The summed E-state index contributed by atoms with van der Waals surface area (Å²) in [6.07, 6.45) is 3.20. The summed E-state index contributed by atoms with van der Waals surface area (Å²) in [4.78, 5) is 75.0. The second kappa shape index (κ2) is 20.1. The highest BCUT2D eigenvalue weighted by atomic mass is 32.2. The van der Waals surface area contributed by atoms with E-state index in [1.807, 2.05) is 45.0 Å². The van der Waals surface area contributed by atoms with Crippen molar-refractivity contribution in [2.75, 3.05) is 12.8 Å². The van der Waals surface area contributed by atoms with E-state index in [4.69, 9.17) is 9.73 Å². The van der Waals surface area contributed by atoms with Gasteiger partial charge in [0.25, 0.3) is 0 Å². The van der Waals surface area contributed by atoms with Crippen LogP contribution < -0.4 is 10.6 Å². The van der Waals surface area contributed by atoms with Crippen LogP contribution in [-0.4, -0.2) is 82.5 Å². The van der Waals surface area contributed by atoms with Crippen molar-refractivity contribution in [2.24, 2.45) is 40.0 Å². The number of hydrogen-bond acceptors (Lipinski definition) is 8. The number of fused-ring (bicyclic) bond motifs is 1. The Morgan fingerprint density at radius 1 is 0.963 bits per heavy atom. The number of carbonyl (C=O) groups excluding carboxylic acids is 5. The second-order valence-electron chi connectivity index (χ2n) is 17.5. The van der Waals surface area contributed by atoms with Crippen LogP contribution in [0.1, 0.15) is 119 Å². The maximum Gasteiger partial charge on any atom is 0.328 e. The quantitative estimate of drug-likeness (QED) is 0.317. The Bertz CT molecular complexity index is 1490. The van der Waals surface area contributed by atoms with Gasteiger partial charge in [-0.15, -0.1) is 11.8 Å². The van der Waals surface area contributed by atoms with Gasteiger partial charge in [-0.2, -0.15) is 0 Å². The molecule has 3 rings (SSSR count). The minimum atomic E-state index is -0.975. The number of likely N-dealkylation sites (N-methyl/N-ethyl adjacent to an activating group) is 1. The third-order valence-corrected chi connectivity index (χ3v) is 12.9. The van der Waals surface area contributed by atoms with Crippen LogP contribution >= 0.6 is 11.8 Å². The molecule has 0 saturated carbocycles. The zero-order valence-electron chi connectivity index (χ0n) is 35.0. The van der Waals surface area contributed by atoms with Crippen LogP contribution in [0.2, 0.25) is 0 Å². The Morgan fingerprint density at radius 3 is 2.22 bits per heavy atom. The first-order valence-electron chi connectivity index (χ1n) is 20.1. The number of esters is 1. The molecule has 2 aliphatic heterocycles. The monoisotopic (exact) mass is 768 g/mol. The molecule has 11 heteroatoms. The molecule has 2 aliphatic rings. The Balaban J connectivity index is 1.94. The van der Waals surface area contributed by atoms with E-state index in [0.717, 1.165) is 28.3 Å². The topological polar surface area (TPSA) is 134 Å². The van der Waals surface area contributed by atoms with Crippen LogP contribution in [0.5, 0.6) is 0 Å². The number of ether oxygens (including phenoxy) is 1. The fraction of sp³-hybridized carbons (Fsp3) is 0.721. The lowest BCUT2D eigenvalue weighted by Crippen LogP contribution is -2.57. The van der Waals surface area contributed by atoms with E-state index in [9.17, 15) is 24.0 Å². The van der Waals surface area contributed by atoms with E-state index in [1.54, 1.807) is 32.7 Å². The average Bonchev–Trinajstić information content (AvgIpc) is 3.59. The zero-order chi connectivity index (χ0) is 40.5. The molecule has 302 valence electrons. The fourth-order valence-electron chi connectivity index (χ4n) is 7.09. The Labute approximate surface area is 329 Å². The number of nitrogens with one attached hydrogen (secondary N) is 2. The van der Waals surface area contributed by atoms with Crippen molar-refractivity contribution in [3.8, 4) is 0 Å². The second-order valence-corrected chi connectivity index (χ2v) is 18.5. The summed E-state index contributed by atoms with van der Waals surface area (Å²) in [5, 5.41) is 6.83. The van der Waals surface area contributed by atoms with Crippen molar-refractivity contribution in [2.45, 2.75) is 151 Å². The van der Waals surface area contributed by atoms with E-state index in [1.165, 1.54) is 4.90 Å². The van der Waals surface area contributed by atoms with Crippen LogP contribution in [-0.2, 0) is 35.1 Å². The highest BCUT2D eigenvalue weighted by molar-refractivity contribution is 8.14. The molecule has 0 saturated heterocycles. The van der Waals surface area contributed by atoms with Crippen LogP contribution in [0.3, 0.4) is 0 Å². The molecular weight excluding hydrogens is 701 g/mol. The summed E-state index contributed by atoms with van der Waals surface area (Å²) in [5.74, 6) is -1.04. The summed E-state index contributed by atoms with van der Waals surface area (Å²) < 4.78 is 6.19. The van der Waals surface area contributed by atoms with E-state index in [2.05, 4.69) is 52.2 Å². The van der Waals surface area contributed by atoms with E-state index < -0.39 is 41.8 Å². The molecule has 0 unspecified atom stereocenters. The molecule has 0 aliphatic carbocycles. The van der Waals surface area contributed by atoms with Gasteiger partial charge >= 0.3 is 5.97 Å². The van der Waals surface area contributed by atoms with Crippen molar-refractivity contribution < 1.29 is 28.7 Å². The van der Waals surface area contributed by atoms with Crippen molar-refractivity contribution >= 4 is 46.3 Å². The number of carbonyl (C=O) groups is 5. The van der Waals surface area contributed by atoms with Gasteiger partial charge in [-0.25, -0.2) is 4.79 Å². The highest BCUT2D eigenvalue weighted by Crippen LogP contribution is 2.35. The van der Waals surface area contributed by atoms with Crippen molar-refractivity contribution in [1.82, 2.24) is 15.5 Å². The lowest BCUT2D eigenvalue weighted by molar-refractivity contribution is -0.164. The molecule has 1 aromatic carbocycles. The van der Waals surface area contributed by atoms with Gasteiger partial charge < -0.3 is 20.3 Å². The first-order chi connectivity index (χ1) is 25.2. The minimum absolute atomic E-state index is 0.00136. The molecule has 2 bridgehead atoms. The SMILES string of the molecule is CC[C@H](C)[C@@H]1NC(=O)[C@H](C)NC(=O)[C@H](Cc2ccc(C)cc2)CC(=O)CC[C@@H]2CSC(=N2)[C@H](C)[C@@H](C)C[C@H](C)C[C@@H](C(C)(C)C)OC(=O)[C@H](C)N(C)C1=O. The van der Waals surface area contributed by atoms with Gasteiger partial charge in [0.1, 0.15) is 30.0 Å². The molecule has 10 atom stereocenters. The number of aliphatic imine (C=N–C) groups is 1. The summed E-state index contributed by atoms with van der Waals surface area (Å²) in [6, 6.07) is 5.14. The molecule has 3 amide bonds. The standard InChI is InChI=1S/C43H68N4O6S/c1-13-27(4)37-41(51)47(12)31(8)42(52)53-36(43(9,10)11)21-26(3)20-28(5)29(6)40-45-34(24-54-40)18-19-35(48)23-33(22-32-16-14-25(2)15-17-32)39(50)44-30(7)38(49)46-37/h14-17,26-31,33-34,36-37H,13,18-24H2,1-12H3,(H,44,50)(H,46,49)/t26-,27-,28-,29+,30-,31-,33+,34+,36-,37-/m0/s1. The fourth-order valence-corrected chi connectivity index (χ4v) is 8.41. The number of benzene rings is 1. The van der Waals surface area contributed by atoms with Crippen LogP contribution in [0.4, 0.5) is 0 Å². The molecule has 0 spiro atoms. The third kappa shape index (κ3) is 12.9. The third-order valence-electron chi connectivity index (χ3n) is 11.6. The first kappa shape index (κ1) is 45.2. The van der Waals surface area contributed by atoms with Gasteiger partial charge in [0.15, 0.2) is 0 Å². The van der Waals surface area contributed by atoms with Crippen LogP contribution in [0, 0.1) is 41.9 Å². The number of amides is 3. The first-order valence-corrected chi connectivity index (χ1v) is 21.1. The van der Waals surface area contributed by atoms with Crippen molar-refractivity contribution in [3.05, 3.63) is 35.4 Å². The van der Waals surface area contributed by atoms with E-state index in [-0.39, 0.29) is 53.4 Å². The molecule has 54 heavy (non-hydrogen) atoms. The molecular formula is C43H68N4O6S. The van der Waals surface area contributed by atoms with E-state index in [0.29, 0.717) is 38.0 Å². The molecule has 0 fully saturated rings. The lowest BCUT2D eigenvalue weighted by atomic mass is 9.80. The van der Waals surface area contributed by atoms with Crippen LogP contribution in [0.25, 0.3) is 0 Å². The number of aryl methyl sites for hydroxylation is 1. The average molecular weight is 769 g/mol. The summed E-state index contributed by atoms with van der Waals surface area (Å²) in [6.45, 7) is 21.9. The number of Topliss-reactive ketones (excluding diaryl/α,β-unsaturated/α-hetero) is 1. The number of ketones is 1. The minimum Gasteiger partial charge on any atom is -0.460 e. The molecule has 1 aromatic rings. The summed E-state index contributed by atoms with van der Waals surface area (Å²) in [7, 11) is 1.56. The number of hydrogen-bond donors (Lipinski definition) is 2. The van der Waals surface area contributed by atoms with Crippen molar-refractivity contribution in [1.29, 1.82) is 0 Å². The van der Waals surface area contributed by atoms with Gasteiger partial charge in [-0.3, -0.25) is 24.2 Å². The maximum absolute atomic E-state index is 14.0. The maximum atomic E-state index is 14.0. The zero-order valence-corrected chi connectivity index (χ0v) is 35.8. The van der Waals surface area contributed by atoms with E-state index >= 15 is 0 Å². The Kier molecular flexibility index (Phi) is 16.8. The molecule has 2 N–H and O–H groups in total. The summed E-state index contributed by atoms with van der Waals surface area (Å²) in [5.41, 5.74) is 1.70. The molecule has 2 heterocycles. The van der Waals surface area contributed by atoms with Gasteiger partial charge in [-0.1, -0.05) is 91.6 Å². The van der Waals surface area contributed by atoms with Gasteiger partial charge in [-0.05, 0) is 75.2 Å². The number of nitrogens with zero attached hydrogens (tertiary/aromatic N) is 2. The molecule has 10 nitrogen and oxygen atoms in total. The summed E-state index contributed by atoms with van der Waals surface area (Å²) >= 11 is 1.78. The molecule has 0 aromatic heterocycles. The van der Waals surface area contributed by atoms with Crippen LogP contribution in [0.15, 0.2) is 29.3 Å². The number of rotatable bonds is 4. The molecule has 0 radical (unpaired) electrons. The highest BCUT2D eigenvalue weighted by Gasteiger charge is 2.38. The van der Waals surface area contributed by atoms with Gasteiger partial charge in [0, 0.05) is 37.5 Å². The number of cyclic esters (lactones) is 1. The lowest BCUT2D eigenvalue weighted by Gasteiger charge is -2.36. The normalized spacial score (nSPS) is 31.4. The Hall–Kier alpha value is -3.21. The predicted octanol–water partition coefficient (Wildman–Crippen LogP) is 6.95. The largest absolute Gasteiger partial charge is 0.460 e. The van der Waals surface area contributed by atoms with Gasteiger partial charge in [0.2, 0.25) is 17.7 Å². The predicted molar refractivity (Wildman–Crippen MR) is 218 cm³/mol. The Morgan fingerprint density at radius 2 is 1.61 bits per heavy atom. The number of thioether (sulfide) groups is 1. The smallest absolute Gasteiger partial charge is 0.328 e. The van der Waals surface area contributed by atoms with Crippen molar-refractivity contribution in [3.63, 3.8) is 0 Å².